The van der Waals surface area contributed by atoms with E-state index >= 15 is 0 Å². The largest absolute Gasteiger partial charge is 0.274 e. The molecule has 100 valence electrons. The lowest BCUT2D eigenvalue weighted by atomic mass is 9.76. The summed E-state index contributed by atoms with van der Waals surface area (Å²) >= 11 is 0. The van der Waals surface area contributed by atoms with Crippen LogP contribution in [-0.4, -0.2) is 11.8 Å². The van der Waals surface area contributed by atoms with E-state index in [1.54, 1.807) is 0 Å². The van der Waals surface area contributed by atoms with Crippen molar-refractivity contribution in [1.29, 1.82) is 0 Å². The van der Waals surface area contributed by atoms with Crippen molar-refractivity contribution in [2.24, 2.45) is 17.8 Å². The number of anilines is 1. The summed E-state index contributed by atoms with van der Waals surface area (Å²) in [5.74, 6) is 0.404. The molecule has 2 amide bonds. The second-order valence-electron chi connectivity index (χ2n) is 5.93. The molecule has 0 bridgehead atoms. The molecule has 0 aromatic heterocycles. The predicted molar refractivity (Wildman–Crippen MR) is 73.7 cm³/mol. The fraction of sp³-hybridized carbons (Fsp3) is 0.500. The van der Waals surface area contributed by atoms with E-state index in [-0.39, 0.29) is 23.7 Å². The highest BCUT2D eigenvalue weighted by atomic mass is 16.2. The van der Waals surface area contributed by atoms with E-state index in [0.717, 1.165) is 30.5 Å². The topological polar surface area (TPSA) is 37.4 Å². The molecule has 3 heteroatoms. The highest BCUT2D eigenvalue weighted by Gasteiger charge is 2.50. The Labute approximate surface area is 113 Å². The molecule has 1 saturated carbocycles. The van der Waals surface area contributed by atoms with Crippen molar-refractivity contribution in [3.05, 3.63) is 29.8 Å². The molecule has 1 aliphatic heterocycles. The first kappa shape index (κ1) is 12.4. The van der Waals surface area contributed by atoms with Gasteiger partial charge >= 0.3 is 0 Å². The van der Waals surface area contributed by atoms with Crippen LogP contribution in [0.4, 0.5) is 5.69 Å². The summed E-state index contributed by atoms with van der Waals surface area (Å²) in [6.45, 7) is 4.12. The second-order valence-corrected chi connectivity index (χ2v) is 5.93. The zero-order chi connectivity index (χ0) is 13.6. The fourth-order valence-electron chi connectivity index (χ4n) is 3.44. The van der Waals surface area contributed by atoms with E-state index in [2.05, 4.69) is 6.92 Å². The Kier molecular flexibility index (Phi) is 2.92. The number of fused-ring (bicyclic) bond motifs is 1. The molecular weight excluding hydrogens is 238 g/mol. The SMILES string of the molecule is Cc1ccccc1N1C(=O)[C@H]2C[C@H](C)CC[C@H]2C1=O. The molecule has 0 unspecified atom stereocenters. The lowest BCUT2D eigenvalue weighted by molar-refractivity contribution is -0.122. The molecule has 2 fully saturated rings. The van der Waals surface area contributed by atoms with Gasteiger partial charge in [-0.2, -0.15) is 0 Å². The minimum Gasteiger partial charge on any atom is -0.274 e. The Hall–Kier alpha value is -1.64. The van der Waals surface area contributed by atoms with Gasteiger partial charge in [-0.25, -0.2) is 4.90 Å². The van der Waals surface area contributed by atoms with E-state index in [1.165, 1.54) is 4.90 Å². The standard InChI is InChI=1S/C16H19NO2/c1-10-7-8-12-13(9-10)16(19)17(15(12)18)14-6-4-3-5-11(14)2/h3-6,10,12-13H,7-9H2,1-2H3/t10-,12-,13+/m1/s1. The monoisotopic (exact) mass is 257 g/mol. The molecule has 19 heavy (non-hydrogen) atoms. The first-order chi connectivity index (χ1) is 9.09. The van der Waals surface area contributed by atoms with Crippen LogP contribution in [0.25, 0.3) is 0 Å². The Balaban J connectivity index is 1.98. The molecule has 3 rings (SSSR count). The Bertz CT molecular complexity index is 537. The number of carbonyl (C=O) groups is 2. The van der Waals surface area contributed by atoms with Gasteiger partial charge in [0.15, 0.2) is 0 Å². The third-order valence-electron chi connectivity index (χ3n) is 4.54. The van der Waals surface area contributed by atoms with Crippen LogP contribution >= 0.6 is 0 Å². The van der Waals surface area contributed by atoms with Crippen LogP contribution < -0.4 is 4.90 Å². The molecular formula is C16H19NO2. The maximum absolute atomic E-state index is 12.6. The first-order valence-corrected chi connectivity index (χ1v) is 7.03. The number of nitrogens with zero attached hydrogens (tertiary/aromatic N) is 1. The molecule has 3 nitrogen and oxygen atoms in total. The molecule has 1 aliphatic carbocycles. The summed E-state index contributed by atoms with van der Waals surface area (Å²) < 4.78 is 0. The van der Waals surface area contributed by atoms with E-state index in [0.29, 0.717) is 5.92 Å². The number of carbonyl (C=O) groups excluding carboxylic acids is 2. The van der Waals surface area contributed by atoms with Gasteiger partial charge in [-0.05, 0) is 43.7 Å². The van der Waals surface area contributed by atoms with Crippen LogP contribution in [-0.2, 0) is 9.59 Å². The van der Waals surface area contributed by atoms with Gasteiger partial charge in [-0.1, -0.05) is 25.1 Å². The number of amides is 2. The Morgan fingerprint density at radius 1 is 1.05 bits per heavy atom. The summed E-state index contributed by atoms with van der Waals surface area (Å²) in [6.07, 6.45) is 2.78. The smallest absolute Gasteiger partial charge is 0.237 e. The van der Waals surface area contributed by atoms with E-state index in [9.17, 15) is 9.59 Å². The molecule has 1 aromatic carbocycles. The van der Waals surface area contributed by atoms with Crippen LogP contribution in [0, 0.1) is 24.7 Å². The number of para-hydroxylation sites is 1. The van der Waals surface area contributed by atoms with Crippen molar-refractivity contribution in [2.75, 3.05) is 4.90 Å². The normalized spacial score (nSPS) is 30.6. The molecule has 1 saturated heterocycles. The highest BCUT2D eigenvalue weighted by molar-refractivity contribution is 6.22. The lowest BCUT2D eigenvalue weighted by Crippen LogP contribution is -2.31. The summed E-state index contributed by atoms with van der Waals surface area (Å²) in [7, 11) is 0. The van der Waals surface area contributed by atoms with Gasteiger partial charge in [0.1, 0.15) is 0 Å². The van der Waals surface area contributed by atoms with Gasteiger partial charge < -0.3 is 0 Å². The molecule has 0 radical (unpaired) electrons. The fourth-order valence-corrected chi connectivity index (χ4v) is 3.44. The number of hydrogen-bond acceptors (Lipinski definition) is 2. The Morgan fingerprint density at radius 2 is 1.74 bits per heavy atom. The number of benzene rings is 1. The molecule has 0 spiro atoms. The lowest BCUT2D eigenvalue weighted by Gasteiger charge is -2.25. The third kappa shape index (κ3) is 1.88. The van der Waals surface area contributed by atoms with Gasteiger partial charge in [0.25, 0.3) is 0 Å². The van der Waals surface area contributed by atoms with Gasteiger partial charge in [0, 0.05) is 0 Å². The number of aryl methyl sites for hydroxylation is 1. The van der Waals surface area contributed by atoms with Gasteiger partial charge in [-0.3, -0.25) is 9.59 Å². The number of hydrogen-bond donors (Lipinski definition) is 0. The van der Waals surface area contributed by atoms with Crippen LogP contribution in [0.3, 0.4) is 0 Å². The van der Waals surface area contributed by atoms with Crippen LogP contribution in [0.1, 0.15) is 31.7 Å². The highest BCUT2D eigenvalue weighted by Crippen LogP contribution is 2.42. The van der Waals surface area contributed by atoms with E-state index < -0.39 is 0 Å². The first-order valence-electron chi connectivity index (χ1n) is 7.03. The van der Waals surface area contributed by atoms with E-state index in [1.807, 2.05) is 31.2 Å². The molecule has 1 heterocycles. The quantitative estimate of drug-likeness (QED) is 0.725. The number of rotatable bonds is 1. The second kappa shape index (κ2) is 4.48. The number of imide groups is 1. The van der Waals surface area contributed by atoms with Gasteiger partial charge in [-0.15, -0.1) is 0 Å². The zero-order valence-corrected chi connectivity index (χ0v) is 11.4. The third-order valence-corrected chi connectivity index (χ3v) is 4.54. The van der Waals surface area contributed by atoms with Crippen LogP contribution in [0.15, 0.2) is 24.3 Å². The predicted octanol–water partition coefficient (Wildman–Crippen LogP) is 2.92. The van der Waals surface area contributed by atoms with Crippen molar-refractivity contribution >= 4 is 17.5 Å². The average molecular weight is 257 g/mol. The van der Waals surface area contributed by atoms with Crippen molar-refractivity contribution in [3.8, 4) is 0 Å². The van der Waals surface area contributed by atoms with Gasteiger partial charge in [0.2, 0.25) is 11.8 Å². The van der Waals surface area contributed by atoms with Crippen molar-refractivity contribution in [3.63, 3.8) is 0 Å². The summed E-state index contributed by atoms with van der Waals surface area (Å²) in [4.78, 5) is 26.5. The molecule has 0 N–H and O–H groups in total. The van der Waals surface area contributed by atoms with Crippen LogP contribution in [0.2, 0.25) is 0 Å². The van der Waals surface area contributed by atoms with E-state index in [4.69, 9.17) is 0 Å². The summed E-state index contributed by atoms with van der Waals surface area (Å²) in [6, 6.07) is 7.62. The molecule has 3 atom stereocenters. The zero-order valence-electron chi connectivity index (χ0n) is 11.4. The maximum Gasteiger partial charge on any atom is 0.237 e. The maximum atomic E-state index is 12.6. The molecule has 2 aliphatic rings. The van der Waals surface area contributed by atoms with Crippen LogP contribution in [0.5, 0.6) is 0 Å². The van der Waals surface area contributed by atoms with Gasteiger partial charge in [0.05, 0.1) is 17.5 Å². The summed E-state index contributed by atoms with van der Waals surface area (Å²) in [5.41, 5.74) is 1.75. The Morgan fingerprint density at radius 3 is 2.47 bits per heavy atom. The minimum absolute atomic E-state index is 0.0100. The van der Waals surface area contributed by atoms with Crippen molar-refractivity contribution in [1.82, 2.24) is 0 Å². The van der Waals surface area contributed by atoms with Crippen molar-refractivity contribution < 1.29 is 9.59 Å². The average Bonchev–Trinajstić information content (AvgIpc) is 2.63. The summed E-state index contributed by atoms with van der Waals surface area (Å²) in [5, 5.41) is 0. The van der Waals surface area contributed by atoms with Crippen molar-refractivity contribution in [2.45, 2.75) is 33.1 Å². The molecule has 1 aromatic rings. The minimum atomic E-state index is -0.0872.